The van der Waals surface area contributed by atoms with Crippen molar-refractivity contribution < 1.29 is 13.2 Å². The predicted octanol–water partition coefficient (Wildman–Crippen LogP) is 1.88. The molecule has 9 nitrogen and oxygen atoms in total. The Labute approximate surface area is 163 Å². The first-order valence-electron chi connectivity index (χ1n) is 9.05. The largest absolute Gasteiger partial charge is 0.487 e. The molecule has 0 bridgehead atoms. The predicted molar refractivity (Wildman–Crippen MR) is 101 cm³/mol. The zero-order valence-electron chi connectivity index (χ0n) is 15.7. The fourth-order valence-electron chi connectivity index (χ4n) is 2.88. The van der Waals surface area contributed by atoms with Gasteiger partial charge in [0.1, 0.15) is 18.1 Å². The van der Waals surface area contributed by atoms with Crippen molar-refractivity contribution in [2.75, 3.05) is 13.1 Å². The average Bonchev–Trinajstić information content (AvgIpc) is 3.30. The Hall–Kier alpha value is -2.72. The first-order valence-corrected chi connectivity index (χ1v) is 10.5. The quantitative estimate of drug-likeness (QED) is 0.599. The molecule has 1 aliphatic heterocycles. The van der Waals surface area contributed by atoms with Gasteiger partial charge in [0.15, 0.2) is 5.03 Å². The van der Waals surface area contributed by atoms with Crippen LogP contribution in [0.15, 0.2) is 54.1 Å². The second-order valence-electron chi connectivity index (χ2n) is 7.02. The summed E-state index contributed by atoms with van der Waals surface area (Å²) in [4.78, 5) is 4.05. The third kappa shape index (κ3) is 3.65. The molecule has 0 saturated carbocycles. The second kappa shape index (κ2) is 7.36. The van der Waals surface area contributed by atoms with Crippen LogP contribution in [0, 0.1) is 0 Å². The summed E-state index contributed by atoms with van der Waals surface area (Å²) in [5.41, 5.74) is 0.695. The Morgan fingerprint density at radius 1 is 1.18 bits per heavy atom. The maximum atomic E-state index is 12.7. The minimum atomic E-state index is -3.58. The van der Waals surface area contributed by atoms with E-state index in [0.29, 0.717) is 25.4 Å². The summed E-state index contributed by atoms with van der Waals surface area (Å²) in [5.74, 6) is 0.763. The van der Waals surface area contributed by atoms with E-state index in [0.717, 1.165) is 5.75 Å². The SMILES string of the molecule is CC(C)n1cnc(S(=O)(=O)N2CC(n3cc(COc4ccccc4)nn3)C2)c1. The van der Waals surface area contributed by atoms with Crippen LogP contribution in [-0.4, -0.2) is 50.4 Å². The minimum Gasteiger partial charge on any atom is -0.487 e. The minimum absolute atomic E-state index is 0.0417. The molecule has 28 heavy (non-hydrogen) atoms. The summed E-state index contributed by atoms with van der Waals surface area (Å²) in [6.07, 6.45) is 4.91. The molecule has 0 spiro atoms. The summed E-state index contributed by atoms with van der Waals surface area (Å²) < 4.78 is 35.9. The van der Waals surface area contributed by atoms with Gasteiger partial charge < -0.3 is 9.30 Å². The van der Waals surface area contributed by atoms with Crippen LogP contribution in [-0.2, 0) is 16.6 Å². The number of imidazole rings is 1. The molecular weight excluding hydrogens is 380 g/mol. The molecule has 0 atom stereocenters. The second-order valence-corrected chi connectivity index (χ2v) is 8.91. The van der Waals surface area contributed by atoms with E-state index < -0.39 is 10.0 Å². The van der Waals surface area contributed by atoms with E-state index in [-0.39, 0.29) is 17.1 Å². The molecule has 1 saturated heterocycles. The standard InChI is InChI=1S/C18H22N6O3S/c1-14(2)22-11-18(19-13-22)28(25,26)23-9-16(10-23)24-8-15(20-21-24)12-27-17-6-4-3-5-7-17/h3-8,11,13-14,16H,9-10,12H2,1-2H3. The van der Waals surface area contributed by atoms with Crippen molar-refractivity contribution in [3.8, 4) is 5.75 Å². The zero-order valence-corrected chi connectivity index (χ0v) is 16.5. The third-order valence-electron chi connectivity index (χ3n) is 4.67. The van der Waals surface area contributed by atoms with Crippen LogP contribution in [0.4, 0.5) is 0 Å². The fraction of sp³-hybridized carbons (Fsp3) is 0.389. The molecule has 0 amide bonds. The fourth-order valence-corrected chi connectivity index (χ4v) is 4.31. The summed E-state index contributed by atoms with van der Waals surface area (Å²) >= 11 is 0. The van der Waals surface area contributed by atoms with E-state index >= 15 is 0 Å². The van der Waals surface area contributed by atoms with Crippen LogP contribution in [0.1, 0.15) is 31.6 Å². The summed E-state index contributed by atoms with van der Waals surface area (Å²) in [6.45, 7) is 4.95. The van der Waals surface area contributed by atoms with E-state index in [4.69, 9.17) is 4.74 Å². The van der Waals surface area contributed by atoms with Gasteiger partial charge in [-0.3, -0.25) is 0 Å². The van der Waals surface area contributed by atoms with Gasteiger partial charge >= 0.3 is 0 Å². The number of sulfonamides is 1. The molecule has 2 aromatic heterocycles. The first-order chi connectivity index (χ1) is 13.4. The lowest BCUT2D eigenvalue weighted by Gasteiger charge is -2.37. The first kappa shape index (κ1) is 18.6. The molecule has 1 aromatic carbocycles. The number of aromatic nitrogens is 5. The van der Waals surface area contributed by atoms with Crippen molar-refractivity contribution in [3.63, 3.8) is 0 Å². The lowest BCUT2D eigenvalue weighted by molar-refractivity contribution is 0.188. The molecule has 0 radical (unpaired) electrons. The van der Waals surface area contributed by atoms with Gasteiger partial charge in [0.25, 0.3) is 10.0 Å². The van der Waals surface area contributed by atoms with Crippen LogP contribution in [0.2, 0.25) is 0 Å². The Bertz CT molecular complexity index is 1040. The van der Waals surface area contributed by atoms with Gasteiger partial charge in [-0.05, 0) is 26.0 Å². The van der Waals surface area contributed by atoms with Crippen molar-refractivity contribution in [1.29, 1.82) is 0 Å². The molecule has 1 fully saturated rings. The number of para-hydroxylation sites is 1. The number of rotatable bonds is 7. The third-order valence-corrected chi connectivity index (χ3v) is 6.39. The summed E-state index contributed by atoms with van der Waals surface area (Å²) in [5, 5.41) is 8.30. The highest BCUT2D eigenvalue weighted by molar-refractivity contribution is 7.89. The van der Waals surface area contributed by atoms with Gasteiger partial charge in [-0.2, -0.15) is 4.31 Å². The molecule has 3 heterocycles. The Morgan fingerprint density at radius 3 is 2.61 bits per heavy atom. The maximum absolute atomic E-state index is 12.7. The van der Waals surface area contributed by atoms with E-state index in [9.17, 15) is 8.42 Å². The average molecular weight is 402 g/mol. The van der Waals surface area contributed by atoms with Crippen LogP contribution >= 0.6 is 0 Å². The van der Waals surface area contributed by atoms with Gasteiger partial charge in [0, 0.05) is 25.3 Å². The highest BCUT2D eigenvalue weighted by Crippen LogP contribution is 2.27. The van der Waals surface area contributed by atoms with Crippen molar-refractivity contribution >= 4 is 10.0 Å². The van der Waals surface area contributed by atoms with E-state index in [2.05, 4.69) is 15.3 Å². The van der Waals surface area contributed by atoms with Crippen molar-refractivity contribution in [2.24, 2.45) is 0 Å². The van der Waals surface area contributed by atoms with Gasteiger partial charge in [-0.1, -0.05) is 23.4 Å². The molecule has 148 valence electrons. The topological polar surface area (TPSA) is 95.1 Å². The smallest absolute Gasteiger partial charge is 0.262 e. The van der Waals surface area contributed by atoms with E-state index in [1.54, 1.807) is 28.0 Å². The number of hydrogen-bond donors (Lipinski definition) is 0. The van der Waals surface area contributed by atoms with Crippen molar-refractivity contribution in [2.45, 2.75) is 37.6 Å². The van der Waals surface area contributed by atoms with E-state index in [1.807, 2.05) is 44.2 Å². The number of benzene rings is 1. The van der Waals surface area contributed by atoms with Crippen LogP contribution in [0.5, 0.6) is 5.75 Å². The highest BCUT2D eigenvalue weighted by Gasteiger charge is 2.39. The van der Waals surface area contributed by atoms with E-state index in [1.165, 1.54) is 4.31 Å². The van der Waals surface area contributed by atoms with Gasteiger partial charge in [-0.15, -0.1) is 5.10 Å². The lowest BCUT2D eigenvalue weighted by Crippen LogP contribution is -2.50. The Morgan fingerprint density at radius 2 is 1.93 bits per heavy atom. The molecule has 4 rings (SSSR count). The monoisotopic (exact) mass is 402 g/mol. The molecule has 10 heteroatoms. The van der Waals surface area contributed by atoms with Crippen molar-refractivity contribution in [3.05, 3.63) is 54.7 Å². The molecule has 0 N–H and O–H groups in total. The molecule has 0 unspecified atom stereocenters. The highest BCUT2D eigenvalue weighted by atomic mass is 32.2. The lowest BCUT2D eigenvalue weighted by atomic mass is 10.2. The zero-order chi connectivity index (χ0) is 19.7. The Kier molecular flexibility index (Phi) is 4.90. The Balaban J connectivity index is 1.35. The van der Waals surface area contributed by atoms with Gasteiger partial charge in [0.05, 0.1) is 18.6 Å². The van der Waals surface area contributed by atoms with Crippen LogP contribution in [0.25, 0.3) is 0 Å². The molecule has 1 aliphatic rings. The summed E-state index contributed by atoms with van der Waals surface area (Å²) in [7, 11) is -3.58. The number of ether oxygens (including phenoxy) is 1. The number of nitrogens with zero attached hydrogens (tertiary/aromatic N) is 6. The van der Waals surface area contributed by atoms with Gasteiger partial charge in [-0.25, -0.2) is 18.1 Å². The van der Waals surface area contributed by atoms with Crippen molar-refractivity contribution in [1.82, 2.24) is 28.9 Å². The summed E-state index contributed by atoms with van der Waals surface area (Å²) in [6, 6.07) is 9.60. The number of hydrogen-bond acceptors (Lipinski definition) is 6. The van der Waals surface area contributed by atoms with Crippen LogP contribution < -0.4 is 4.74 Å². The molecule has 0 aliphatic carbocycles. The molecule has 3 aromatic rings. The van der Waals surface area contributed by atoms with Crippen LogP contribution in [0.3, 0.4) is 0 Å². The normalized spacial score (nSPS) is 15.7. The van der Waals surface area contributed by atoms with Gasteiger partial charge in [0.2, 0.25) is 0 Å². The molecular formula is C18H22N6O3S. The maximum Gasteiger partial charge on any atom is 0.262 e.